The van der Waals surface area contributed by atoms with Crippen LogP contribution in [0.3, 0.4) is 0 Å². The van der Waals surface area contributed by atoms with Crippen molar-refractivity contribution in [2.24, 2.45) is 0 Å². The van der Waals surface area contributed by atoms with Crippen LogP contribution in [0.1, 0.15) is 0 Å². The molecular formula is C14H15ClN4O2. The number of rotatable bonds is 3. The standard InChI is InChI=1S/C14H15ClN4O2/c15-12-9-13(19-5-7-21-8-6-19)18-14(17-12)16-10-1-3-11(20)4-2-10/h1-4,9,20H,5-8H2,(H,16,17,18). The summed E-state index contributed by atoms with van der Waals surface area (Å²) in [7, 11) is 0. The third kappa shape index (κ3) is 3.53. The first-order chi connectivity index (χ1) is 10.2. The molecule has 110 valence electrons. The van der Waals surface area contributed by atoms with Crippen LogP contribution in [-0.4, -0.2) is 41.4 Å². The maximum atomic E-state index is 9.28. The zero-order valence-electron chi connectivity index (χ0n) is 11.3. The molecule has 1 fully saturated rings. The molecular weight excluding hydrogens is 292 g/mol. The summed E-state index contributed by atoms with van der Waals surface area (Å²) < 4.78 is 5.33. The van der Waals surface area contributed by atoms with Crippen LogP contribution in [0.15, 0.2) is 30.3 Å². The minimum absolute atomic E-state index is 0.210. The molecule has 2 N–H and O–H groups in total. The van der Waals surface area contributed by atoms with Gasteiger partial charge < -0.3 is 20.1 Å². The molecule has 6 nitrogen and oxygen atoms in total. The molecule has 0 unspecified atom stereocenters. The molecule has 0 radical (unpaired) electrons. The molecule has 0 amide bonds. The molecule has 1 aromatic heterocycles. The molecule has 1 aliphatic rings. The highest BCUT2D eigenvalue weighted by Crippen LogP contribution is 2.22. The van der Waals surface area contributed by atoms with E-state index < -0.39 is 0 Å². The van der Waals surface area contributed by atoms with E-state index in [-0.39, 0.29) is 5.75 Å². The van der Waals surface area contributed by atoms with Crippen molar-refractivity contribution in [3.05, 3.63) is 35.5 Å². The van der Waals surface area contributed by atoms with Crippen molar-refractivity contribution in [2.45, 2.75) is 0 Å². The molecule has 0 aliphatic carbocycles. The topological polar surface area (TPSA) is 70.5 Å². The lowest BCUT2D eigenvalue weighted by Crippen LogP contribution is -2.36. The highest BCUT2D eigenvalue weighted by molar-refractivity contribution is 6.29. The van der Waals surface area contributed by atoms with E-state index in [1.165, 1.54) is 0 Å². The van der Waals surface area contributed by atoms with Gasteiger partial charge in [-0.25, -0.2) is 4.98 Å². The predicted octanol–water partition coefficient (Wildman–Crippen LogP) is 2.42. The number of aromatic nitrogens is 2. The SMILES string of the molecule is Oc1ccc(Nc2nc(Cl)cc(N3CCOCC3)n2)cc1. The Balaban J connectivity index is 1.81. The number of morpholine rings is 1. The van der Waals surface area contributed by atoms with E-state index in [1.807, 2.05) is 0 Å². The zero-order valence-corrected chi connectivity index (χ0v) is 12.0. The number of hydrogen-bond acceptors (Lipinski definition) is 6. The molecule has 2 heterocycles. The summed E-state index contributed by atoms with van der Waals surface area (Å²) >= 11 is 6.07. The van der Waals surface area contributed by atoms with Gasteiger partial charge in [0.25, 0.3) is 0 Å². The Morgan fingerprint density at radius 1 is 1.14 bits per heavy atom. The van der Waals surface area contributed by atoms with Crippen molar-refractivity contribution in [1.29, 1.82) is 0 Å². The molecule has 0 saturated carbocycles. The van der Waals surface area contributed by atoms with Crippen molar-refractivity contribution in [1.82, 2.24) is 9.97 Å². The van der Waals surface area contributed by atoms with E-state index in [9.17, 15) is 5.11 Å². The highest BCUT2D eigenvalue weighted by Gasteiger charge is 2.14. The normalized spacial score (nSPS) is 15.0. The predicted molar refractivity (Wildman–Crippen MR) is 81.5 cm³/mol. The van der Waals surface area contributed by atoms with Gasteiger partial charge >= 0.3 is 0 Å². The quantitative estimate of drug-likeness (QED) is 0.670. The van der Waals surface area contributed by atoms with Crippen molar-refractivity contribution < 1.29 is 9.84 Å². The maximum Gasteiger partial charge on any atom is 0.230 e. The Morgan fingerprint density at radius 3 is 2.57 bits per heavy atom. The monoisotopic (exact) mass is 306 g/mol. The number of halogens is 1. The Kier molecular flexibility index (Phi) is 4.08. The third-order valence-electron chi connectivity index (χ3n) is 3.14. The van der Waals surface area contributed by atoms with Crippen LogP contribution >= 0.6 is 11.6 Å². The first-order valence-corrected chi connectivity index (χ1v) is 7.02. The van der Waals surface area contributed by atoms with Crippen LogP contribution in [-0.2, 0) is 4.74 Å². The van der Waals surface area contributed by atoms with Gasteiger partial charge in [-0.05, 0) is 24.3 Å². The summed E-state index contributed by atoms with van der Waals surface area (Å²) in [4.78, 5) is 10.8. The smallest absolute Gasteiger partial charge is 0.230 e. The van der Waals surface area contributed by atoms with E-state index in [0.717, 1.165) is 24.6 Å². The van der Waals surface area contributed by atoms with Crippen molar-refractivity contribution >= 4 is 29.1 Å². The number of ether oxygens (including phenoxy) is 1. The van der Waals surface area contributed by atoms with Gasteiger partial charge in [-0.3, -0.25) is 0 Å². The van der Waals surface area contributed by atoms with Crippen molar-refractivity contribution in [3.8, 4) is 5.75 Å². The zero-order chi connectivity index (χ0) is 14.7. The molecule has 2 aromatic rings. The van der Waals surface area contributed by atoms with Gasteiger partial charge in [0.15, 0.2) is 0 Å². The summed E-state index contributed by atoms with van der Waals surface area (Å²) in [6.45, 7) is 2.93. The summed E-state index contributed by atoms with van der Waals surface area (Å²) in [6.07, 6.45) is 0. The van der Waals surface area contributed by atoms with E-state index in [4.69, 9.17) is 16.3 Å². The first-order valence-electron chi connectivity index (χ1n) is 6.64. The number of anilines is 3. The fourth-order valence-electron chi connectivity index (χ4n) is 2.09. The second-order valence-corrected chi connectivity index (χ2v) is 5.03. The molecule has 7 heteroatoms. The number of benzene rings is 1. The molecule has 0 spiro atoms. The number of nitrogens with one attached hydrogen (secondary N) is 1. The largest absolute Gasteiger partial charge is 0.508 e. The van der Waals surface area contributed by atoms with Gasteiger partial charge in [0.05, 0.1) is 13.2 Å². The Hall–Kier alpha value is -2.05. The molecule has 1 saturated heterocycles. The van der Waals surface area contributed by atoms with E-state index in [1.54, 1.807) is 30.3 Å². The lowest BCUT2D eigenvalue weighted by molar-refractivity contribution is 0.122. The number of phenolic OH excluding ortho intramolecular Hbond substituents is 1. The average Bonchev–Trinajstić information content (AvgIpc) is 2.50. The summed E-state index contributed by atoms with van der Waals surface area (Å²) in [5, 5.41) is 12.7. The number of nitrogens with zero attached hydrogens (tertiary/aromatic N) is 3. The summed E-state index contributed by atoms with van der Waals surface area (Å²) in [5.74, 6) is 1.41. The summed E-state index contributed by atoms with van der Waals surface area (Å²) in [6, 6.07) is 8.42. The second kappa shape index (κ2) is 6.15. The summed E-state index contributed by atoms with van der Waals surface area (Å²) in [5.41, 5.74) is 0.781. The molecule has 1 aromatic carbocycles. The van der Waals surface area contributed by atoms with Gasteiger partial charge in [0, 0.05) is 24.8 Å². The number of aromatic hydroxyl groups is 1. The minimum atomic E-state index is 0.210. The number of phenols is 1. The Bertz CT molecular complexity index is 615. The van der Waals surface area contributed by atoms with Gasteiger partial charge in [-0.15, -0.1) is 0 Å². The molecule has 21 heavy (non-hydrogen) atoms. The van der Waals surface area contributed by atoms with Crippen LogP contribution in [0.2, 0.25) is 5.15 Å². The second-order valence-electron chi connectivity index (χ2n) is 4.64. The first kappa shape index (κ1) is 13.9. The van der Waals surface area contributed by atoms with Crippen LogP contribution in [0, 0.1) is 0 Å². The fourth-order valence-corrected chi connectivity index (χ4v) is 2.27. The molecule has 0 bridgehead atoms. The average molecular weight is 307 g/mol. The van der Waals surface area contributed by atoms with Crippen molar-refractivity contribution in [3.63, 3.8) is 0 Å². The minimum Gasteiger partial charge on any atom is -0.508 e. The van der Waals surface area contributed by atoms with Gasteiger partial charge in [0.2, 0.25) is 5.95 Å². The lowest BCUT2D eigenvalue weighted by Gasteiger charge is -2.28. The molecule has 1 aliphatic heterocycles. The Morgan fingerprint density at radius 2 is 1.86 bits per heavy atom. The number of hydrogen-bond donors (Lipinski definition) is 2. The molecule has 0 atom stereocenters. The van der Waals surface area contributed by atoms with Crippen LogP contribution in [0.25, 0.3) is 0 Å². The molecule has 3 rings (SSSR count). The maximum absolute atomic E-state index is 9.28. The van der Waals surface area contributed by atoms with E-state index in [0.29, 0.717) is 24.3 Å². The highest BCUT2D eigenvalue weighted by atomic mass is 35.5. The lowest BCUT2D eigenvalue weighted by atomic mass is 10.3. The third-order valence-corrected chi connectivity index (χ3v) is 3.33. The van der Waals surface area contributed by atoms with Gasteiger partial charge in [-0.1, -0.05) is 11.6 Å². The van der Waals surface area contributed by atoms with Crippen LogP contribution in [0.4, 0.5) is 17.5 Å². The van der Waals surface area contributed by atoms with Gasteiger partial charge in [0.1, 0.15) is 16.7 Å². The van der Waals surface area contributed by atoms with Crippen LogP contribution < -0.4 is 10.2 Å². The van der Waals surface area contributed by atoms with Gasteiger partial charge in [-0.2, -0.15) is 4.98 Å². The van der Waals surface area contributed by atoms with E-state index in [2.05, 4.69) is 20.2 Å². The van der Waals surface area contributed by atoms with E-state index >= 15 is 0 Å². The van der Waals surface area contributed by atoms with Crippen LogP contribution in [0.5, 0.6) is 5.75 Å². The Labute approximate surface area is 127 Å². The van der Waals surface area contributed by atoms with Crippen molar-refractivity contribution in [2.75, 3.05) is 36.5 Å². The fraction of sp³-hybridized carbons (Fsp3) is 0.286.